The van der Waals surface area contributed by atoms with Gasteiger partial charge in [0.15, 0.2) is 17.3 Å². The van der Waals surface area contributed by atoms with Crippen molar-refractivity contribution < 1.29 is 14.3 Å². The minimum absolute atomic E-state index is 0.123. The van der Waals surface area contributed by atoms with Crippen molar-refractivity contribution in [3.8, 4) is 11.1 Å². The predicted octanol–water partition coefficient (Wildman–Crippen LogP) is 2.85. The van der Waals surface area contributed by atoms with Crippen molar-refractivity contribution in [2.45, 2.75) is 0 Å². The van der Waals surface area contributed by atoms with Crippen LogP contribution in [0.15, 0.2) is 59.5 Å². The molecular formula is C15H11N3O3. The number of nitrogens with one attached hydrogen (secondary N) is 1. The van der Waals surface area contributed by atoms with Crippen molar-refractivity contribution in [1.29, 1.82) is 0 Å². The number of furan rings is 1. The molecule has 0 aliphatic rings. The van der Waals surface area contributed by atoms with Gasteiger partial charge in [-0.1, -0.05) is 30.3 Å². The molecule has 0 unspecified atom stereocenters. The fraction of sp³-hybridized carbons (Fsp3) is 0. The van der Waals surface area contributed by atoms with E-state index in [9.17, 15) is 9.90 Å². The molecule has 0 radical (unpaired) electrons. The van der Waals surface area contributed by atoms with E-state index in [0.29, 0.717) is 0 Å². The Bertz CT molecular complexity index is 774. The van der Waals surface area contributed by atoms with Gasteiger partial charge >= 0.3 is 0 Å². The maximum Gasteiger partial charge on any atom is 0.224 e. The highest BCUT2D eigenvalue weighted by Gasteiger charge is 2.12. The summed E-state index contributed by atoms with van der Waals surface area (Å²) in [7, 11) is 0. The van der Waals surface area contributed by atoms with Crippen molar-refractivity contribution in [3.63, 3.8) is 0 Å². The maximum absolute atomic E-state index is 12.0. The number of aromatic amines is 1. The quantitative estimate of drug-likeness (QED) is 0.436. The Balaban J connectivity index is 1.84. The van der Waals surface area contributed by atoms with E-state index in [1.54, 1.807) is 6.07 Å². The van der Waals surface area contributed by atoms with Crippen LogP contribution < -0.4 is 0 Å². The Kier molecular flexibility index (Phi) is 3.34. The number of carbonyl (C=O) groups excluding carboxylic acids is 1. The number of ketones is 1. The third kappa shape index (κ3) is 2.74. The molecule has 0 saturated heterocycles. The number of benzene rings is 1. The second-order valence-electron chi connectivity index (χ2n) is 4.29. The van der Waals surface area contributed by atoms with Crippen molar-refractivity contribution >= 4 is 11.5 Å². The fourth-order valence-electron chi connectivity index (χ4n) is 1.84. The highest BCUT2D eigenvalue weighted by molar-refractivity contribution is 6.06. The summed E-state index contributed by atoms with van der Waals surface area (Å²) < 4.78 is 5.25. The molecule has 104 valence electrons. The molecule has 0 atom stereocenters. The van der Waals surface area contributed by atoms with Gasteiger partial charge in [0.05, 0.1) is 6.26 Å². The lowest BCUT2D eigenvalue weighted by atomic mass is 10.1. The number of hydrogen-bond donors (Lipinski definition) is 2. The number of aliphatic hydroxyl groups excluding tert-OH is 1. The molecule has 0 spiro atoms. The third-order valence-corrected chi connectivity index (χ3v) is 2.87. The van der Waals surface area contributed by atoms with Gasteiger partial charge in [-0.3, -0.25) is 9.89 Å². The molecule has 2 N–H and O–H groups in total. The molecule has 0 aliphatic carbocycles. The second-order valence-corrected chi connectivity index (χ2v) is 4.29. The van der Waals surface area contributed by atoms with Crippen molar-refractivity contribution in [1.82, 2.24) is 15.2 Å². The van der Waals surface area contributed by atoms with Crippen LogP contribution in [0, 0.1) is 0 Å². The smallest absolute Gasteiger partial charge is 0.224 e. The molecule has 3 rings (SSSR count). The van der Waals surface area contributed by atoms with Gasteiger partial charge in [-0.25, -0.2) is 4.98 Å². The number of rotatable bonds is 4. The Morgan fingerprint density at radius 3 is 2.76 bits per heavy atom. The number of carbonyl (C=O) groups is 1. The average molecular weight is 281 g/mol. The topological polar surface area (TPSA) is 92.0 Å². The summed E-state index contributed by atoms with van der Waals surface area (Å²) in [5.74, 6) is -0.487. The number of nitrogens with zero attached hydrogens (tertiary/aromatic N) is 2. The van der Waals surface area contributed by atoms with Gasteiger partial charge in [0.2, 0.25) is 5.78 Å². The molecule has 2 aromatic heterocycles. The van der Waals surface area contributed by atoms with Gasteiger partial charge in [0.1, 0.15) is 6.33 Å². The summed E-state index contributed by atoms with van der Waals surface area (Å²) in [4.78, 5) is 15.8. The molecule has 3 aromatic rings. The van der Waals surface area contributed by atoms with Crippen LogP contribution in [0.1, 0.15) is 16.4 Å². The zero-order chi connectivity index (χ0) is 14.7. The van der Waals surface area contributed by atoms with Gasteiger partial charge in [-0.15, -0.1) is 0 Å². The first kappa shape index (κ1) is 12.9. The van der Waals surface area contributed by atoms with Crippen LogP contribution in [-0.4, -0.2) is 26.1 Å². The molecule has 6 heteroatoms. The van der Waals surface area contributed by atoms with E-state index in [1.807, 2.05) is 30.3 Å². The summed E-state index contributed by atoms with van der Waals surface area (Å²) in [5, 5.41) is 15.8. The molecule has 1 aromatic carbocycles. The fourth-order valence-corrected chi connectivity index (χ4v) is 1.84. The summed E-state index contributed by atoms with van der Waals surface area (Å²) in [5.41, 5.74) is 1.75. The van der Waals surface area contributed by atoms with Crippen LogP contribution in [0.4, 0.5) is 0 Å². The van der Waals surface area contributed by atoms with Crippen molar-refractivity contribution in [3.05, 3.63) is 66.6 Å². The highest BCUT2D eigenvalue weighted by Crippen LogP contribution is 2.22. The number of hydrogen-bond acceptors (Lipinski definition) is 5. The first-order chi connectivity index (χ1) is 10.2. The normalized spacial score (nSPS) is 11.5. The van der Waals surface area contributed by atoms with Gasteiger partial charge in [0, 0.05) is 11.6 Å². The molecule has 0 aliphatic heterocycles. The van der Waals surface area contributed by atoms with E-state index in [2.05, 4.69) is 15.2 Å². The lowest BCUT2D eigenvalue weighted by Gasteiger charge is -1.94. The molecule has 2 heterocycles. The second kappa shape index (κ2) is 5.46. The van der Waals surface area contributed by atoms with Gasteiger partial charge in [-0.2, -0.15) is 5.10 Å². The summed E-state index contributed by atoms with van der Waals surface area (Å²) >= 11 is 0. The Morgan fingerprint density at radius 1 is 1.24 bits per heavy atom. The van der Waals surface area contributed by atoms with Crippen LogP contribution in [-0.2, 0) is 0 Å². The van der Waals surface area contributed by atoms with Gasteiger partial charge in [0.25, 0.3) is 0 Å². The van der Waals surface area contributed by atoms with E-state index in [1.165, 1.54) is 12.6 Å². The number of aliphatic hydroxyl groups is 1. The lowest BCUT2D eigenvalue weighted by Crippen LogP contribution is -1.95. The van der Waals surface area contributed by atoms with E-state index in [0.717, 1.165) is 17.2 Å². The van der Waals surface area contributed by atoms with E-state index in [-0.39, 0.29) is 17.3 Å². The first-order valence-corrected chi connectivity index (χ1v) is 6.19. The molecular weight excluding hydrogens is 270 g/mol. The highest BCUT2D eigenvalue weighted by atomic mass is 16.3. The van der Waals surface area contributed by atoms with Crippen molar-refractivity contribution in [2.24, 2.45) is 0 Å². The maximum atomic E-state index is 12.0. The zero-order valence-electron chi connectivity index (χ0n) is 10.9. The lowest BCUT2D eigenvalue weighted by molar-refractivity contribution is 0.102. The number of aromatic nitrogens is 3. The molecule has 0 amide bonds. The zero-order valence-corrected chi connectivity index (χ0v) is 10.9. The first-order valence-electron chi connectivity index (χ1n) is 6.19. The number of allylic oxidation sites excluding steroid dienone is 1. The minimum Gasteiger partial charge on any atom is -0.504 e. The largest absolute Gasteiger partial charge is 0.504 e. The molecule has 0 bridgehead atoms. The molecule has 0 fully saturated rings. The van der Waals surface area contributed by atoms with E-state index >= 15 is 0 Å². The van der Waals surface area contributed by atoms with Crippen LogP contribution >= 0.6 is 0 Å². The standard InChI is InChI=1S/C15H11N3O3/c19-12(7-13(20)15-16-9-17-18-15)14-6-11(8-21-14)10-4-2-1-3-5-10/h1-9,20H,(H,16,17,18). The SMILES string of the molecule is O=C(C=C(O)c1ncn[nH]1)c1cc(-c2ccccc2)co1. The monoisotopic (exact) mass is 281 g/mol. The average Bonchev–Trinajstić information content (AvgIpc) is 3.20. The van der Waals surface area contributed by atoms with Crippen LogP contribution in [0.5, 0.6) is 0 Å². The van der Waals surface area contributed by atoms with Crippen LogP contribution in [0.25, 0.3) is 16.9 Å². The summed E-state index contributed by atoms with van der Waals surface area (Å²) in [6, 6.07) is 11.2. The number of H-pyrrole nitrogens is 1. The van der Waals surface area contributed by atoms with Crippen LogP contribution in [0.3, 0.4) is 0 Å². The Morgan fingerprint density at radius 2 is 2.05 bits per heavy atom. The van der Waals surface area contributed by atoms with E-state index < -0.39 is 5.78 Å². The summed E-state index contributed by atoms with van der Waals surface area (Å²) in [6.07, 6.45) is 3.78. The predicted molar refractivity (Wildman–Crippen MR) is 75.5 cm³/mol. The van der Waals surface area contributed by atoms with E-state index in [4.69, 9.17) is 4.42 Å². The Hall–Kier alpha value is -3.15. The third-order valence-electron chi connectivity index (χ3n) is 2.87. The molecule has 6 nitrogen and oxygen atoms in total. The summed E-state index contributed by atoms with van der Waals surface area (Å²) in [6.45, 7) is 0. The Labute approximate surface area is 119 Å². The van der Waals surface area contributed by atoms with Gasteiger partial charge in [-0.05, 0) is 11.6 Å². The molecule has 21 heavy (non-hydrogen) atoms. The molecule has 0 saturated carbocycles. The minimum atomic E-state index is -0.453. The van der Waals surface area contributed by atoms with Gasteiger partial charge < -0.3 is 9.52 Å². The van der Waals surface area contributed by atoms with Crippen molar-refractivity contribution in [2.75, 3.05) is 0 Å². The van der Waals surface area contributed by atoms with Crippen LogP contribution in [0.2, 0.25) is 0 Å².